The number of alkyl halides is 1. The van der Waals surface area contributed by atoms with E-state index in [1.165, 1.54) is 25.3 Å². The van der Waals surface area contributed by atoms with Crippen molar-refractivity contribution >= 4 is 22.6 Å². The van der Waals surface area contributed by atoms with Crippen molar-refractivity contribution < 1.29 is 4.39 Å². The summed E-state index contributed by atoms with van der Waals surface area (Å²) in [4.78, 5) is 4.35. The van der Waals surface area contributed by atoms with Gasteiger partial charge in [-0.3, -0.25) is 0 Å². The van der Waals surface area contributed by atoms with E-state index < -0.39 is 0 Å². The largest absolute Gasteiger partial charge is 0.327 e. The number of nitrogens with zero attached hydrogens (tertiary/aromatic N) is 2. The van der Waals surface area contributed by atoms with Crippen molar-refractivity contribution in [2.24, 2.45) is 11.8 Å². The van der Waals surface area contributed by atoms with Crippen LogP contribution >= 0.6 is 11.6 Å². The Morgan fingerprint density at radius 3 is 2.95 bits per heavy atom. The Kier molecular flexibility index (Phi) is 3.48. The minimum absolute atomic E-state index is 0.262. The zero-order valence-electron chi connectivity index (χ0n) is 11.1. The first kappa shape index (κ1) is 12.9. The maximum atomic E-state index is 13.8. The van der Waals surface area contributed by atoms with Gasteiger partial charge < -0.3 is 4.57 Å². The fourth-order valence-electron chi connectivity index (χ4n) is 3.19. The summed E-state index contributed by atoms with van der Waals surface area (Å²) in [6, 6.07) is 5.13. The lowest BCUT2D eigenvalue weighted by molar-refractivity contribution is 0.364. The predicted octanol–water partition coefficient (Wildman–Crippen LogP) is 4.35. The van der Waals surface area contributed by atoms with E-state index in [1.54, 1.807) is 6.07 Å². The molecule has 0 spiro atoms. The summed E-state index contributed by atoms with van der Waals surface area (Å²) >= 11 is 5.97. The summed E-state index contributed by atoms with van der Waals surface area (Å²) in [5.41, 5.74) is 1.32. The molecule has 0 saturated heterocycles. The van der Waals surface area contributed by atoms with Crippen LogP contribution in [0.4, 0.5) is 4.39 Å². The van der Waals surface area contributed by atoms with Gasteiger partial charge in [0.25, 0.3) is 0 Å². The van der Waals surface area contributed by atoms with E-state index >= 15 is 0 Å². The van der Waals surface area contributed by atoms with Gasteiger partial charge in [-0.2, -0.15) is 0 Å². The second-order valence-corrected chi connectivity index (χ2v) is 5.82. The SMILES string of the molecule is CC1CCCC1Cn1c(CCl)nc2c(F)cccc21. The molecule has 0 aliphatic heterocycles. The van der Waals surface area contributed by atoms with Crippen molar-refractivity contribution in [3.05, 3.63) is 29.8 Å². The van der Waals surface area contributed by atoms with Crippen LogP contribution in [0.15, 0.2) is 18.2 Å². The first-order valence-corrected chi connectivity index (χ1v) is 7.43. The first-order chi connectivity index (χ1) is 9.20. The molecular formula is C15H18ClFN2. The molecule has 1 heterocycles. The number of para-hydroxylation sites is 1. The summed E-state index contributed by atoms with van der Waals surface area (Å²) in [5.74, 6) is 2.23. The lowest BCUT2D eigenvalue weighted by Gasteiger charge is -2.17. The molecule has 1 saturated carbocycles. The smallest absolute Gasteiger partial charge is 0.151 e. The van der Waals surface area contributed by atoms with Gasteiger partial charge in [0.05, 0.1) is 11.4 Å². The van der Waals surface area contributed by atoms with Crippen LogP contribution in [-0.2, 0) is 12.4 Å². The van der Waals surface area contributed by atoms with Crippen molar-refractivity contribution in [3.63, 3.8) is 0 Å². The Labute approximate surface area is 117 Å². The molecule has 3 rings (SSSR count). The molecule has 1 fully saturated rings. The minimum atomic E-state index is -0.262. The van der Waals surface area contributed by atoms with Crippen LogP contribution in [0.3, 0.4) is 0 Å². The molecule has 2 unspecified atom stereocenters. The number of imidazole rings is 1. The van der Waals surface area contributed by atoms with Crippen LogP contribution in [0.25, 0.3) is 11.0 Å². The van der Waals surface area contributed by atoms with E-state index in [9.17, 15) is 4.39 Å². The highest BCUT2D eigenvalue weighted by Crippen LogP contribution is 2.34. The van der Waals surface area contributed by atoms with E-state index in [0.29, 0.717) is 17.3 Å². The molecule has 0 radical (unpaired) electrons. The van der Waals surface area contributed by atoms with Gasteiger partial charge in [-0.15, -0.1) is 11.6 Å². The fourth-order valence-corrected chi connectivity index (χ4v) is 3.40. The van der Waals surface area contributed by atoms with Gasteiger partial charge in [0.2, 0.25) is 0 Å². The van der Waals surface area contributed by atoms with Crippen molar-refractivity contribution in [3.8, 4) is 0 Å². The summed E-state index contributed by atoms with van der Waals surface area (Å²) in [6.07, 6.45) is 3.84. The van der Waals surface area contributed by atoms with E-state index in [0.717, 1.165) is 23.8 Å². The Morgan fingerprint density at radius 1 is 1.42 bits per heavy atom. The second-order valence-electron chi connectivity index (χ2n) is 5.55. The second kappa shape index (κ2) is 5.12. The van der Waals surface area contributed by atoms with Gasteiger partial charge in [0.15, 0.2) is 5.82 Å². The van der Waals surface area contributed by atoms with E-state index in [-0.39, 0.29) is 5.82 Å². The fraction of sp³-hybridized carbons (Fsp3) is 0.533. The molecule has 19 heavy (non-hydrogen) atoms. The molecule has 1 aliphatic rings. The van der Waals surface area contributed by atoms with E-state index in [1.807, 2.05) is 6.07 Å². The average Bonchev–Trinajstić information content (AvgIpc) is 2.96. The number of rotatable bonds is 3. The predicted molar refractivity (Wildman–Crippen MR) is 75.8 cm³/mol. The number of hydrogen-bond acceptors (Lipinski definition) is 1. The highest BCUT2D eigenvalue weighted by atomic mass is 35.5. The highest BCUT2D eigenvalue weighted by Gasteiger charge is 2.25. The molecule has 0 amide bonds. The zero-order chi connectivity index (χ0) is 13.4. The minimum Gasteiger partial charge on any atom is -0.327 e. The van der Waals surface area contributed by atoms with Crippen LogP contribution in [0.5, 0.6) is 0 Å². The molecule has 0 N–H and O–H groups in total. The van der Waals surface area contributed by atoms with Gasteiger partial charge >= 0.3 is 0 Å². The third-order valence-corrected chi connectivity index (χ3v) is 4.62. The number of aromatic nitrogens is 2. The molecule has 1 aromatic carbocycles. The Bertz CT molecular complexity index is 593. The van der Waals surface area contributed by atoms with Crippen molar-refractivity contribution in [1.29, 1.82) is 0 Å². The van der Waals surface area contributed by atoms with Crippen molar-refractivity contribution in [2.75, 3.05) is 0 Å². The van der Waals surface area contributed by atoms with Gasteiger partial charge in [0, 0.05) is 6.54 Å². The zero-order valence-corrected chi connectivity index (χ0v) is 11.8. The number of fused-ring (bicyclic) bond motifs is 1. The Balaban J connectivity index is 2.03. The molecule has 102 valence electrons. The molecule has 1 aromatic heterocycles. The molecule has 0 bridgehead atoms. The van der Waals surface area contributed by atoms with Gasteiger partial charge in [0.1, 0.15) is 11.3 Å². The molecule has 1 aliphatic carbocycles. The Hall–Kier alpha value is -1.09. The molecule has 4 heteroatoms. The van der Waals surface area contributed by atoms with Gasteiger partial charge in [-0.25, -0.2) is 9.37 Å². The summed E-state index contributed by atoms with van der Waals surface area (Å²) < 4.78 is 15.9. The monoisotopic (exact) mass is 280 g/mol. The molecule has 2 aromatic rings. The summed E-state index contributed by atoms with van der Waals surface area (Å²) in [5, 5.41) is 0. The summed E-state index contributed by atoms with van der Waals surface area (Å²) in [6.45, 7) is 3.21. The van der Waals surface area contributed by atoms with Crippen LogP contribution in [-0.4, -0.2) is 9.55 Å². The van der Waals surface area contributed by atoms with Gasteiger partial charge in [-0.05, 0) is 30.4 Å². The topological polar surface area (TPSA) is 17.8 Å². The quantitative estimate of drug-likeness (QED) is 0.764. The molecule has 2 nitrogen and oxygen atoms in total. The third kappa shape index (κ3) is 2.25. The van der Waals surface area contributed by atoms with Crippen LogP contribution in [0, 0.1) is 17.7 Å². The molecular weight excluding hydrogens is 263 g/mol. The lowest BCUT2D eigenvalue weighted by Crippen LogP contribution is -2.14. The number of hydrogen-bond donors (Lipinski definition) is 0. The standard InChI is InChI=1S/C15H18ClFN2/c1-10-4-2-5-11(10)9-19-13-7-3-6-12(17)15(13)18-14(19)8-16/h3,6-7,10-11H,2,4-5,8-9H2,1H3. The average molecular weight is 281 g/mol. The normalized spacial score (nSPS) is 23.3. The maximum absolute atomic E-state index is 13.8. The first-order valence-electron chi connectivity index (χ1n) is 6.90. The van der Waals surface area contributed by atoms with E-state index in [4.69, 9.17) is 11.6 Å². The van der Waals surface area contributed by atoms with Crippen molar-refractivity contribution in [1.82, 2.24) is 9.55 Å². The van der Waals surface area contributed by atoms with Crippen LogP contribution in [0.1, 0.15) is 32.0 Å². The summed E-state index contributed by atoms with van der Waals surface area (Å²) in [7, 11) is 0. The van der Waals surface area contributed by atoms with Crippen LogP contribution < -0.4 is 0 Å². The molecule has 2 atom stereocenters. The third-order valence-electron chi connectivity index (χ3n) is 4.38. The highest BCUT2D eigenvalue weighted by molar-refractivity contribution is 6.16. The maximum Gasteiger partial charge on any atom is 0.151 e. The van der Waals surface area contributed by atoms with Crippen molar-refractivity contribution in [2.45, 2.75) is 38.6 Å². The van der Waals surface area contributed by atoms with E-state index in [2.05, 4.69) is 16.5 Å². The number of halogens is 2. The number of benzene rings is 1. The Morgan fingerprint density at radius 2 is 2.26 bits per heavy atom. The lowest BCUT2D eigenvalue weighted by atomic mass is 9.98. The van der Waals surface area contributed by atoms with Crippen LogP contribution in [0.2, 0.25) is 0 Å². The van der Waals surface area contributed by atoms with Gasteiger partial charge in [-0.1, -0.05) is 25.8 Å².